The average Bonchev–Trinajstić information content (AvgIpc) is 2.90. The van der Waals surface area contributed by atoms with Gasteiger partial charge in [0, 0.05) is 16.3 Å². The van der Waals surface area contributed by atoms with E-state index >= 15 is 0 Å². The van der Waals surface area contributed by atoms with Crippen LogP contribution in [0, 0.1) is 0 Å². The Balaban J connectivity index is 1.51. The van der Waals surface area contributed by atoms with Gasteiger partial charge in [0.05, 0.1) is 11.5 Å². The van der Waals surface area contributed by atoms with Crippen LogP contribution < -0.4 is 5.32 Å². The summed E-state index contributed by atoms with van der Waals surface area (Å²) in [5.41, 5.74) is -0.276. The van der Waals surface area contributed by atoms with Crippen molar-refractivity contribution < 1.29 is 9.90 Å². The van der Waals surface area contributed by atoms with Crippen LogP contribution in [-0.2, 0) is 10.2 Å². The standard InChI is InChI=1S/C15H17NO2S2/c17-11(12-3-1-9-19-12)5-8-16-14(18)15(6-7-15)13-4-2-10-20-13/h1-4,9-11,17H,5-8H2,(H,16,18). The van der Waals surface area contributed by atoms with Crippen molar-refractivity contribution in [3.8, 4) is 0 Å². The molecule has 2 N–H and O–H groups in total. The van der Waals surface area contributed by atoms with E-state index in [1.165, 1.54) is 0 Å². The highest BCUT2D eigenvalue weighted by Gasteiger charge is 2.51. The van der Waals surface area contributed by atoms with Gasteiger partial charge in [0.2, 0.25) is 5.91 Å². The van der Waals surface area contributed by atoms with E-state index in [2.05, 4.69) is 5.32 Å². The van der Waals surface area contributed by atoms with E-state index in [9.17, 15) is 9.90 Å². The Morgan fingerprint density at radius 2 is 2.05 bits per heavy atom. The third-order valence-electron chi connectivity index (χ3n) is 3.75. The first kappa shape index (κ1) is 13.8. The average molecular weight is 307 g/mol. The highest BCUT2D eigenvalue weighted by atomic mass is 32.1. The molecule has 106 valence electrons. The van der Waals surface area contributed by atoms with Crippen LogP contribution >= 0.6 is 22.7 Å². The number of hydrogen-bond donors (Lipinski definition) is 2. The number of nitrogens with one attached hydrogen (secondary N) is 1. The minimum atomic E-state index is -0.479. The molecule has 2 aromatic rings. The summed E-state index contributed by atoms with van der Waals surface area (Å²) in [7, 11) is 0. The van der Waals surface area contributed by atoms with Crippen molar-refractivity contribution in [3.63, 3.8) is 0 Å². The summed E-state index contributed by atoms with van der Waals surface area (Å²) in [6.07, 6.45) is 1.96. The molecule has 20 heavy (non-hydrogen) atoms. The van der Waals surface area contributed by atoms with Crippen LogP contribution in [-0.4, -0.2) is 17.6 Å². The maximum absolute atomic E-state index is 12.3. The maximum Gasteiger partial charge on any atom is 0.231 e. The summed E-state index contributed by atoms with van der Waals surface area (Å²) in [4.78, 5) is 14.4. The number of rotatable bonds is 6. The fourth-order valence-corrected chi connectivity index (χ4v) is 4.11. The number of thiophene rings is 2. The Hall–Kier alpha value is -1.17. The van der Waals surface area contributed by atoms with E-state index in [1.807, 2.05) is 35.0 Å². The number of hydrogen-bond acceptors (Lipinski definition) is 4. The number of aliphatic hydroxyl groups is 1. The van der Waals surface area contributed by atoms with Crippen LogP contribution in [0.4, 0.5) is 0 Å². The van der Waals surface area contributed by atoms with Crippen LogP contribution in [0.1, 0.15) is 35.1 Å². The van der Waals surface area contributed by atoms with Crippen molar-refractivity contribution in [1.29, 1.82) is 0 Å². The molecule has 3 rings (SSSR count). The second-order valence-electron chi connectivity index (χ2n) is 5.14. The van der Waals surface area contributed by atoms with Crippen LogP contribution in [0.25, 0.3) is 0 Å². The Kier molecular flexibility index (Phi) is 3.92. The van der Waals surface area contributed by atoms with E-state index in [0.29, 0.717) is 13.0 Å². The van der Waals surface area contributed by atoms with Crippen LogP contribution in [0.5, 0.6) is 0 Å². The number of amides is 1. The Morgan fingerprint density at radius 1 is 1.30 bits per heavy atom. The number of aliphatic hydroxyl groups excluding tert-OH is 1. The second kappa shape index (κ2) is 5.68. The molecule has 0 spiro atoms. The predicted molar refractivity (Wildman–Crippen MR) is 82.1 cm³/mol. The molecule has 1 amide bonds. The van der Waals surface area contributed by atoms with Gasteiger partial charge in [-0.25, -0.2) is 0 Å². The maximum atomic E-state index is 12.3. The van der Waals surface area contributed by atoms with Gasteiger partial charge in [-0.15, -0.1) is 22.7 Å². The lowest BCUT2D eigenvalue weighted by atomic mass is 10.0. The van der Waals surface area contributed by atoms with Gasteiger partial charge < -0.3 is 10.4 Å². The SMILES string of the molecule is O=C(NCCC(O)c1cccs1)C1(c2cccs2)CC1. The van der Waals surface area contributed by atoms with Crippen molar-refractivity contribution in [2.24, 2.45) is 0 Å². The minimum Gasteiger partial charge on any atom is -0.388 e. The van der Waals surface area contributed by atoms with Gasteiger partial charge in [-0.2, -0.15) is 0 Å². The predicted octanol–water partition coefficient (Wildman–Crippen LogP) is 3.08. The molecule has 0 bridgehead atoms. The first-order valence-corrected chi connectivity index (χ1v) is 8.52. The molecule has 0 aromatic carbocycles. The minimum absolute atomic E-state index is 0.110. The molecular formula is C15H17NO2S2. The molecule has 1 saturated carbocycles. The summed E-state index contributed by atoms with van der Waals surface area (Å²) in [5.74, 6) is 0.110. The molecule has 1 atom stereocenters. The van der Waals surface area contributed by atoms with E-state index < -0.39 is 6.10 Å². The van der Waals surface area contributed by atoms with Crippen molar-refractivity contribution in [2.75, 3.05) is 6.54 Å². The van der Waals surface area contributed by atoms with Gasteiger partial charge in [-0.05, 0) is 42.2 Å². The molecule has 0 radical (unpaired) electrons. The van der Waals surface area contributed by atoms with E-state index in [4.69, 9.17) is 0 Å². The smallest absolute Gasteiger partial charge is 0.231 e. The van der Waals surface area contributed by atoms with Gasteiger partial charge >= 0.3 is 0 Å². The van der Waals surface area contributed by atoms with Gasteiger partial charge in [0.1, 0.15) is 0 Å². The highest BCUT2D eigenvalue weighted by Crippen LogP contribution is 2.50. The molecular weight excluding hydrogens is 290 g/mol. The van der Waals surface area contributed by atoms with Crippen molar-refractivity contribution in [1.82, 2.24) is 5.32 Å². The van der Waals surface area contributed by atoms with Crippen LogP contribution in [0.3, 0.4) is 0 Å². The van der Waals surface area contributed by atoms with Gasteiger partial charge in [0.15, 0.2) is 0 Å². The zero-order chi connectivity index (χ0) is 14.0. The van der Waals surface area contributed by atoms with Crippen molar-refractivity contribution in [3.05, 3.63) is 44.8 Å². The zero-order valence-electron chi connectivity index (χ0n) is 11.0. The van der Waals surface area contributed by atoms with Gasteiger partial charge in [0.25, 0.3) is 0 Å². The zero-order valence-corrected chi connectivity index (χ0v) is 12.7. The Labute approximate surface area is 126 Å². The Morgan fingerprint density at radius 3 is 2.65 bits per heavy atom. The fourth-order valence-electron chi connectivity index (χ4n) is 2.38. The lowest BCUT2D eigenvalue weighted by Crippen LogP contribution is -2.35. The summed E-state index contributed by atoms with van der Waals surface area (Å²) in [5, 5.41) is 16.9. The highest BCUT2D eigenvalue weighted by molar-refractivity contribution is 7.10. The lowest BCUT2D eigenvalue weighted by Gasteiger charge is -2.15. The summed E-state index contributed by atoms with van der Waals surface area (Å²) in [6.45, 7) is 0.519. The second-order valence-corrected chi connectivity index (χ2v) is 7.06. The number of carbonyl (C=O) groups excluding carboxylic acids is 1. The summed E-state index contributed by atoms with van der Waals surface area (Å²) < 4.78 is 0. The quantitative estimate of drug-likeness (QED) is 0.861. The van der Waals surface area contributed by atoms with Crippen LogP contribution in [0.2, 0.25) is 0 Å². The summed E-state index contributed by atoms with van der Waals surface area (Å²) >= 11 is 3.19. The number of carbonyl (C=O) groups is 1. The van der Waals surface area contributed by atoms with Crippen molar-refractivity contribution >= 4 is 28.6 Å². The third kappa shape index (κ3) is 2.66. The normalized spacial score (nSPS) is 17.6. The molecule has 0 aliphatic heterocycles. The first-order chi connectivity index (χ1) is 9.72. The van der Waals surface area contributed by atoms with E-state index in [0.717, 1.165) is 22.6 Å². The monoisotopic (exact) mass is 307 g/mol. The van der Waals surface area contributed by atoms with Crippen molar-refractivity contribution in [2.45, 2.75) is 30.8 Å². The fraction of sp³-hybridized carbons (Fsp3) is 0.400. The molecule has 1 fully saturated rings. The molecule has 5 heteroatoms. The van der Waals surface area contributed by atoms with Gasteiger partial charge in [-0.3, -0.25) is 4.79 Å². The topological polar surface area (TPSA) is 49.3 Å². The van der Waals surface area contributed by atoms with Crippen LogP contribution in [0.15, 0.2) is 35.0 Å². The molecule has 2 aromatic heterocycles. The molecule has 0 saturated heterocycles. The van der Waals surface area contributed by atoms with E-state index in [1.54, 1.807) is 22.7 Å². The molecule has 2 heterocycles. The molecule has 3 nitrogen and oxygen atoms in total. The third-order valence-corrected chi connectivity index (χ3v) is 5.80. The molecule has 1 aliphatic carbocycles. The first-order valence-electron chi connectivity index (χ1n) is 6.76. The van der Waals surface area contributed by atoms with E-state index in [-0.39, 0.29) is 11.3 Å². The summed E-state index contributed by atoms with van der Waals surface area (Å²) in [6, 6.07) is 7.88. The Bertz CT molecular complexity index is 559. The lowest BCUT2D eigenvalue weighted by molar-refractivity contribution is -0.123. The largest absolute Gasteiger partial charge is 0.388 e. The molecule has 1 unspecified atom stereocenters. The molecule has 1 aliphatic rings. The van der Waals surface area contributed by atoms with Gasteiger partial charge in [-0.1, -0.05) is 12.1 Å².